The Morgan fingerprint density at radius 3 is 2.44 bits per heavy atom. The summed E-state index contributed by atoms with van der Waals surface area (Å²) in [6.07, 6.45) is 1.56. The first-order valence-corrected chi connectivity index (χ1v) is 8.41. The number of carbonyl (C=O) groups is 2. The predicted octanol–water partition coefficient (Wildman–Crippen LogP) is 3.54. The fraction of sp³-hybridized carbons (Fsp3) is 0.278. The van der Waals surface area contributed by atoms with E-state index in [0.29, 0.717) is 11.3 Å². The molecule has 0 atom stereocenters. The second-order valence-corrected chi connectivity index (χ2v) is 7.24. The lowest BCUT2D eigenvalue weighted by molar-refractivity contribution is -0.385. The van der Waals surface area contributed by atoms with E-state index in [2.05, 4.69) is 10.4 Å². The van der Waals surface area contributed by atoms with Crippen molar-refractivity contribution in [1.29, 1.82) is 0 Å². The summed E-state index contributed by atoms with van der Waals surface area (Å²) in [5.74, 6) is -1.29. The normalized spacial score (nSPS) is 11.0. The molecule has 0 saturated heterocycles. The minimum absolute atomic E-state index is 0.169. The third-order valence-electron chi connectivity index (χ3n) is 3.72. The van der Waals surface area contributed by atoms with Crippen molar-refractivity contribution in [2.75, 3.05) is 0 Å². The number of nitro groups is 1. The third-order valence-corrected chi connectivity index (χ3v) is 3.96. The Bertz CT molecular complexity index is 908. The summed E-state index contributed by atoms with van der Waals surface area (Å²) in [6.45, 7) is 6.85. The summed E-state index contributed by atoms with van der Waals surface area (Å²) in [4.78, 5) is 40.3. The SMILES string of the molecule is Cc1ncccc1C(=O)N(NC(=O)c1cc(Cl)ccc1[N+](=O)[O-])C(C)(C)C. The van der Waals surface area contributed by atoms with Gasteiger partial charge in [0.05, 0.1) is 21.7 Å². The fourth-order valence-electron chi connectivity index (χ4n) is 2.36. The highest BCUT2D eigenvalue weighted by Crippen LogP contribution is 2.24. The van der Waals surface area contributed by atoms with Crippen molar-refractivity contribution in [3.63, 3.8) is 0 Å². The van der Waals surface area contributed by atoms with E-state index < -0.39 is 28.0 Å². The number of benzene rings is 1. The van der Waals surface area contributed by atoms with Gasteiger partial charge in [0.15, 0.2) is 0 Å². The van der Waals surface area contributed by atoms with E-state index in [-0.39, 0.29) is 10.6 Å². The molecule has 0 radical (unpaired) electrons. The average Bonchev–Trinajstić information content (AvgIpc) is 2.58. The Morgan fingerprint density at radius 1 is 1.22 bits per heavy atom. The second-order valence-electron chi connectivity index (χ2n) is 6.81. The number of nitrogens with zero attached hydrogens (tertiary/aromatic N) is 3. The van der Waals surface area contributed by atoms with E-state index in [0.717, 1.165) is 11.1 Å². The molecule has 27 heavy (non-hydrogen) atoms. The molecule has 1 aromatic heterocycles. The molecule has 0 unspecified atom stereocenters. The van der Waals surface area contributed by atoms with E-state index in [1.165, 1.54) is 12.1 Å². The van der Waals surface area contributed by atoms with Crippen LogP contribution in [0.2, 0.25) is 5.02 Å². The molecule has 0 aliphatic rings. The summed E-state index contributed by atoms with van der Waals surface area (Å²) in [6, 6.07) is 6.87. The lowest BCUT2D eigenvalue weighted by Gasteiger charge is -2.35. The van der Waals surface area contributed by atoms with Gasteiger partial charge in [-0.05, 0) is 52.0 Å². The quantitative estimate of drug-likeness (QED) is 0.637. The Balaban J connectivity index is 2.42. The Morgan fingerprint density at radius 2 is 1.89 bits per heavy atom. The summed E-state index contributed by atoms with van der Waals surface area (Å²) in [7, 11) is 0. The van der Waals surface area contributed by atoms with Gasteiger partial charge in [0, 0.05) is 17.3 Å². The number of nitrogens with one attached hydrogen (secondary N) is 1. The van der Waals surface area contributed by atoms with Crippen LogP contribution >= 0.6 is 11.6 Å². The molecule has 0 fully saturated rings. The third kappa shape index (κ3) is 4.59. The van der Waals surface area contributed by atoms with Crippen molar-refractivity contribution in [3.05, 3.63) is 68.5 Å². The Hall–Kier alpha value is -3.00. The summed E-state index contributed by atoms with van der Waals surface area (Å²) in [5.41, 5.74) is 1.84. The van der Waals surface area contributed by atoms with E-state index in [4.69, 9.17) is 11.6 Å². The molecule has 8 nitrogen and oxygen atoms in total. The lowest BCUT2D eigenvalue weighted by Crippen LogP contribution is -2.56. The first kappa shape index (κ1) is 20.3. The van der Waals surface area contributed by atoms with Crippen LogP contribution < -0.4 is 5.43 Å². The first-order chi connectivity index (χ1) is 12.5. The van der Waals surface area contributed by atoms with Crippen molar-refractivity contribution in [2.24, 2.45) is 0 Å². The van der Waals surface area contributed by atoms with Gasteiger partial charge in [-0.1, -0.05) is 11.6 Å². The van der Waals surface area contributed by atoms with Gasteiger partial charge in [-0.3, -0.25) is 30.1 Å². The standard InChI is InChI=1S/C18H19ClN4O4/c1-11-13(6-5-9-20-11)17(25)22(18(2,3)4)21-16(24)14-10-12(19)7-8-15(14)23(26)27/h5-10H,1-4H3,(H,21,24). The number of rotatable bonds is 3. The molecule has 1 aromatic carbocycles. The topological polar surface area (TPSA) is 105 Å². The maximum Gasteiger partial charge on any atom is 0.282 e. The molecule has 0 bridgehead atoms. The molecule has 1 heterocycles. The molecular formula is C18H19ClN4O4. The van der Waals surface area contributed by atoms with Crippen molar-refractivity contribution in [3.8, 4) is 0 Å². The van der Waals surface area contributed by atoms with Crippen LogP contribution in [0.3, 0.4) is 0 Å². The number of pyridine rings is 1. The molecule has 0 saturated carbocycles. The van der Waals surface area contributed by atoms with Gasteiger partial charge < -0.3 is 0 Å². The van der Waals surface area contributed by atoms with E-state index in [1.54, 1.807) is 46.0 Å². The van der Waals surface area contributed by atoms with Crippen molar-refractivity contribution >= 4 is 29.1 Å². The van der Waals surface area contributed by atoms with E-state index >= 15 is 0 Å². The van der Waals surface area contributed by atoms with Gasteiger partial charge in [-0.25, -0.2) is 5.01 Å². The molecule has 2 rings (SSSR count). The number of carbonyl (C=O) groups excluding carboxylic acids is 2. The molecule has 0 aliphatic carbocycles. The van der Waals surface area contributed by atoms with E-state index in [1.807, 2.05) is 0 Å². The smallest absolute Gasteiger partial charge is 0.267 e. The van der Waals surface area contributed by atoms with Crippen LogP contribution in [0.25, 0.3) is 0 Å². The van der Waals surface area contributed by atoms with E-state index in [9.17, 15) is 19.7 Å². The maximum atomic E-state index is 13.0. The van der Waals surface area contributed by atoms with Gasteiger partial charge in [-0.15, -0.1) is 0 Å². The number of hydrazine groups is 1. The van der Waals surface area contributed by atoms with Gasteiger partial charge in [0.2, 0.25) is 0 Å². The highest BCUT2D eigenvalue weighted by Gasteiger charge is 2.32. The summed E-state index contributed by atoms with van der Waals surface area (Å²) >= 11 is 5.88. The summed E-state index contributed by atoms with van der Waals surface area (Å²) < 4.78 is 0. The lowest BCUT2D eigenvalue weighted by atomic mass is 10.1. The largest absolute Gasteiger partial charge is 0.282 e. The Labute approximate surface area is 161 Å². The zero-order valence-electron chi connectivity index (χ0n) is 15.3. The Kier molecular flexibility index (Phi) is 5.80. The van der Waals surface area contributed by atoms with Gasteiger partial charge >= 0.3 is 0 Å². The molecule has 0 aliphatic heterocycles. The fourth-order valence-corrected chi connectivity index (χ4v) is 2.54. The monoisotopic (exact) mass is 390 g/mol. The summed E-state index contributed by atoms with van der Waals surface area (Å²) in [5, 5.41) is 12.5. The van der Waals surface area contributed by atoms with Crippen molar-refractivity contribution in [1.82, 2.24) is 15.4 Å². The van der Waals surface area contributed by atoms with Crippen LogP contribution in [-0.2, 0) is 0 Å². The maximum absolute atomic E-state index is 13.0. The number of halogens is 1. The number of amides is 2. The first-order valence-electron chi connectivity index (χ1n) is 8.03. The highest BCUT2D eigenvalue weighted by molar-refractivity contribution is 6.31. The molecule has 142 valence electrons. The van der Waals surface area contributed by atoms with Gasteiger partial charge in [-0.2, -0.15) is 0 Å². The molecule has 9 heteroatoms. The van der Waals surface area contributed by atoms with Crippen LogP contribution in [0.5, 0.6) is 0 Å². The van der Waals surface area contributed by atoms with Gasteiger partial charge in [0.25, 0.3) is 17.5 Å². The number of hydrogen-bond donors (Lipinski definition) is 1. The zero-order valence-corrected chi connectivity index (χ0v) is 16.1. The molecule has 0 spiro atoms. The van der Waals surface area contributed by atoms with Crippen LogP contribution in [0.4, 0.5) is 5.69 Å². The zero-order chi connectivity index (χ0) is 20.4. The number of aromatic nitrogens is 1. The van der Waals surface area contributed by atoms with Crippen molar-refractivity contribution in [2.45, 2.75) is 33.2 Å². The minimum atomic E-state index is -0.811. The molecule has 1 N–H and O–H groups in total. The van der Waals surface area contributed by atoms with Gasteiger partial charge in [0.1, 0.15) is 5.56 Å². The highest BCUT2D eigenvalue weighted by atomic mass is 35.5. The number of hydrogen-bond acceptors (Lipinski definition) is 5. The molecule has 2 amide bonds. The molecule has 2 aromatic rings. The predicted molar refractivity (Wildman–Crippen MR) is 100 cm³/mol. The number of nitro benzene ring substituents is 1. The van der Waals surface area contributed by atoms with Crippen LogP contribution in [-0.4, -0.2) is 32.3 Å². The minimum Gasteiger partial charge on any atom is -0.267 e. The van der Waals surface area contributed by atoms with Crippen LogP contribution in [0, 0.1) is 17.0 Å². The van der Waals surface area contributed by atoms with Crippen LogP contribution in [0.15, 0.2) is 36.5 Å². The second kappa shape index (κ2) is 7.71. The van der Waals surface area contributed by atoms with Crippen LogP contribution in [0.1, 0.15) is 47.2 Å². The van der Waals surface area contributed by atoms with Crippen molar-refractivity contribution < 1.29 is 14.5 Å². The molecular weight excluding hydrogens is 372 g/mol. The number of aryl methyl sites for hydroxylation is 1. The average molecular weight is 391 g/mol.